The Morgan fingerprint density at radius 2 is 1.93 bits per heavy atom. The molecule has 0 aromatic carbocycles. The Kier molecular flexibility index (Phi) is 2.63. The molecule has 0 aromatic heterocycles. The molecule has 0 N–H and O–H groups in total. The van der Waals surface area contributed by atoms with E-state index in [0.717, 1.165) is 11.8 Å². The Bertz CT molecular complexity index is 204. The van der Waals surface area contributed by atoms with Crippen LogP contribution in [0, 0.1) is 17.3 Å². The molecule has 1 nitrogen and oxygen atoms in total. The first-order valence-electron chi connectivity index (χ1n) is 6.19. The third kappa shape index (κ3) is 1.60. The first-order valence-corrected chi connectivity index (χ1v) is 6.19. The zero-order valence-corrected chi connectivity index (χ0v) is 10.0. The van der Waals surface area contributed by atoms with Crippen LogP contribution in [0.15, 0.2) is 0 Å². The molecule has 1 saturated carbocycles. The number of hydrogen-bond acceptors (Lipinski definition) is 1. The van der Waals surface area contributed by atoms with Crippen molar-refractivity contribution in [1.82, 2.24) is 0 Å². The maximum Gasteiger partial charge on any atom is 0.0613 e. The molecule has 2 fully saturated rings. The molecular weight excluding hydrogens is 172 g/mol. The van der Waals surface area contributed by atoms with Crippen molar-refractivity contribution in [2.75, 3.05) is 0 Å². The highest BCUT2D eigenvalue weighted by Gasteiger charge is 2.49. The zero-order valence-electron chi connectivity index (χ0n) is 10.0. The van der Waals surface area contributed by atoms with Gasteiger partial charge >= 0.3 is 0 Å². The van der Waals surface area contributed by atoms with Crippen LogP contribution >= 0.6 is 0 Å². The lowest BCUT2D eigenvalue weighted by molar-refractivity contribution is 0.0147. The van der Waals surface area contributed by atoms with E-state index in [9.17, 15) is 0 Å². The number of ether oxygens (including phenoxy) is 1. The molecule has 1 saturated heterocycles. The van der Waals surface area contributed by atoms with Crippen LogP contribution < -0.4 is 0 Å². The van der Waals surface area contributed by atoms with Gasteiger partial charge in [0.25, 0.3) is 0 Å². The predicted octanol–water partition coefficient (Wildman–Crippen LogP) is 3.63. The summed E-state index contributed by atoms with van der Waals surface area (Å²) in [5.41, 5.74) is 0.421. The van der Waals surface area contributed by atoms with E-state index in [1.54, 1.807) is 0 Å². The van der Waals surface area contributed by atoms with Gasteiger partial charge in [0.05, 0.1) is 12.2 Å². The van der Waals surface area contributed by atoms with Crippen LogP contribution in [0.25, 0.3) is 0 Å². The lowest BCUT2D eigenvalue weighted by Gasteiger charge is -2.34. The summed E-state index contributed by atoms with van der Waals surface area (Å²) in [6.07, 6.45) is 6.43. The summed E-state index contributed by atoms with van der Waals surface area (Å²) in [7, 11) is 0. The van der Waals surface area contributed by atoms with Crippen molar-refractivity contribution >= 4 is 0 Å². The normalized spacial score (nSPS) is 42.9. The summed E-state index contributed by atoms with van der Waals surface area (Å²) in [6, 6.07) is 0. The van der Waals surface area contributed by atoms with Crippen molar-refractivity contribution in [3.8, 4) is 0 Å². The zero-order chi connectivity index (χ0) is 10.3. The van der Waals surface area contributed by atoms with Gasteiger partial charge in [-0.25, -0.2) is 0 Å². The van der Waals surface area contributed by atoms with Crippen molar-refractivity contribution in [1.29, 1.82) is 0 Å². The van der Waals surface area contributed by atoms with Gasteiger partial charge in [-0.3, -0.25) is 0 Å². The van der Waals surface area contributed by atoms with Crippen molar-refractivity contribution < 1.29 is 4.74 Å². The largest absolute Gasteiger partial charge is 0.374 e. The highest BCUT2D eigenvalue weighted by atomic mass is 16.5. The molecule has 1 aliphatic heterocycles. The Morgan fingerprint density at radius 3 is 2.50 bits per heavy atom. The Hall–Kier alpha value is -0.0400. The second-order valence-corrected chi connectivity index (χ2v) is 6.11. The van der Waals surface area contributed by atoms with Crippen molar-refractivity contribution in [3.05, 3.63) is 0 Å². The van der Waals surface area contributed by atoms with Crippen LogP contribution in [-0.4, -0.2) is 12.2 Å². The summed E-state index contributed by atoms with van der Waals surface area (Å²) < 4.78 is 6.17. The molecule has 0 spiro atoms. The number of fused-ring (bicyclic) bond motifs is 1. The molecule has 1 heteroatoms. The van der Waals surface area contributed by atoms with Crippen LogP contribution in [0.5, 0.6) is 0 Å². The summed E-state index contributed by atoms with van der Waals surface area (Å²) in [5, 5.41) is 0. The quantitative estimate of drug-likeness (QED) is 0.622. The van der Waals surface area contributed by atoms with E-state index in [2.05, 4.69) is 27.7 Å². The SMILES string of the molecule is CCC1OC2CCCC2C1C(C)(C)C. The molecule has 1 heterocycles. The average molecular weight is 196 g/mol. The van der Waals surface area contributed by atoms with E-state index >= 15 is 0 Å². The summed E-state index contributed by atoms with van der Waals surface area (Å²) in [6.45, 7) is 9.41. The number of hydrogen-bond donors (Lipinski definition) is 0. The fourth-order valence-electron chi connectivity index (χ4n) is 3.67. The van der Waals surface area contributed by atoms with E-state index < -0.39 is 0 Å². The molecule has 1 aliphatic carbocycles. The molecule has 4 unspecified atom stereocenters. The van der Waals surface area contributed by atoms with Crippen LogP contribution in [0.3, 0.4) is 0 Å². The molecule has 0 radical (unpaired) electrons. The van der Waals surface area contributed by atoms with Crippen molar-refractivity contribution in [2.45, 2.75) is 65.6 Å². The van der Waals surface area contributed by atoms with Gasteiger partial charge in [0.1, 0.15) is 0 Å². The van der Waals surface area contributed by atoms with E-state index in [1.807, 2.05) is 0 Å². The van der Waals surface area contributed by atoms with E-state index in [1.165, 1.54) is 25.7 Å². The van der Waals surface area contributed by atoms with E-state index in [4.69, 9.17) is 4.74 Å². The molecule has 0 aromatic rings. The van der Waals surface area contributed by atoms with Crippen molar-refractivity contribution in [3.63, 3.8) is 0 Å². The van der Waals surface area contributed by atoms with Gasteiger partial charge in [-0.1, -0.05) is 34.1 Å². The van der Waals surface area contributed by atoms with Crippen LogP contribution in [0.2, 0.25) is 0 Å². The Balaban J connectivity index is 2.17. The highest BCUT2D eigenvalue weighted by molar-refractivity contribution is 4.98. The first kappa shape index (κ1) is 10.5. The van der Waals surface area contributed by atoms with Gasteiger partial charge in [0.15, 0.2) is 0 Å². The van der Waals surface area contributed by atoms with Crippen molar-refractivity contribution in [2.24, 2.45) is 17.3 Å². The second kappa shape index (κ2) is 3.52. The minimum atomic E-state index is 0.421. The molecule has 4 atom stereocenters. The fraction of sp³-hybridized carbons (Fsp3) is 1.00. The van der Waals surface area contributed by atoms with Gasteiger partial charge in [-0.15, -0.1) is 0 Å². The Morgan fingerprint density at radius 1 is 1.21 bits per heavy atom. The minimum Gasteiger partial charge on any atom is -0.374 e. The number of rotatable bonds is 1. The van der Waals surface area contributed by atoms with Gasteiger partial charge in [0.2, 0.25) is 0 Å². The van der Waals surface area contributed by atoms with Gasteiger partial charge in [-0.2, -0.15) is 0 Å². The summed E-state index contributed by atoms with van der Waals surface area (Å²) in [4.78, 5) is 0. The predicted molar refractivity (Wildman–Crippen MR) is 59.2 cm³/mol. The maximum absolute atomic E-state index is 6.17. The lowest BCUT2D eigenvalue weighted by atomic mass is 9.70. The van der Waals surface area contributed by atoms with E-state index in [0.29, 0.717) is 17.6 Å². The van der Waals surface area contributed by atoms with Gasteiger partial charge < -0.3 is 4.74 Å². The van der Waals surface area contributed by atoms with Gasteiger partial charge in [-0.05, 0) is 36.5 Å². The monoisotopic (exact) mass is 196 g/mol. The van der Waals surface area contributed by atoms with Gasteiger partial charge in [0, 0.05) is 0 Å². The molecule has 2 aliphatic rings. The smallest absolute Gasteiger partial charge is 0.0613 e. The highest BCUT2D eigenvalue weighted by Crippen LogP contribution is 2.50. The summed E-state index contributed by atoms with van der Waals surface area (Å²) >= 11 is 0. The minimum absolute atomic E-state index is 0.421. The molecule has 14 heavy (non-hydrogen) atoms. The third-order valence-corrected chi connectivity index (χ3v) is 4.12. The lowest BCUT2D eigenvalue weighted by Crippen LogP contribution is -2.32. The molecular formula is C13H24O. The first-order chi connectivity index (χ1) is 6.54. The molecule has 82 valence electrons. The Labute approximate surface area is 88.2 Å². The van der Waals surface area contributed by atoms with E-state index in [-0.39, 0.29) is 0 Å². The molecule has 2 rings (SSSR count). The standard InChI is InChI=1S/C13H24O/c1-5-10-12(13(2,3)4)9-7-6-8-11(9)14-10/h9-12H,5-8H2,1-4H3. The average Bonchev–Trinajstić information content (AvgIpc) is 2.57. The summed E-state index contributed by atoms with van der Waals surface area (Å²) in [5.74, 6) is 1.65. The van der Waals surface area contributed by atoms with Crippen LogP contribution in [0.1, 0.15) is 53.4 Å². The molecule has 0 bridgehead atoms. The maximum atomic E-state index is 6.17. The fourth-order valence-corrected chi connectivity index (χ4v) is 3.67. The third-order valence-electron chi connectivity index (χ3n) is 4.12. The van der Waals surface area contributed by atoms with Crippen LogP contribution in [0.4, 0.5) is 0 Å². The molecule has 0 amide bonds. The second-order valence-electron chi connectivity index (χ2n) is 6.11. The van der Waals surface area contributed by atoms with Crippen LogP contribution in [-0.2, 0) is 4.74 Å². The topological polar surface area (TPSA) is 9.23 Å².